The summed E-state index contributed by atoms with van der Waals surface area (Å²) in [6, 6.07) is 9.40. The van der Waals surface area contributed by atoms with Crippen molar-refractivity contribution in [2.45, 2.75) is 11.8 Å². The van der Waals surface area contributed by atoms with Crippen LogP contribution in [0.15, 0.2) is 41.3 Å². The van der Waals surface area contributed by atoms with Gasteiger partial charge in [-0.1, -0.05) is 12.1 Å². The van der Waals surface area contributed by atoms with E-state index in [9.17, 15) is 13.2 Å². The maximum absolute atomic E-state index is 11.0. The van der Waals surface area contributed by atoms with Gasteiger partial charge >= 0.3 is 29.6 Å². The van der Waals surface area contributed by atoms with Crippen LogP contribution >= 0.6 is 0 Å². The molecular formula is C12H12NNaO4S. The first kappa shape index (κ1) is 16.1. The number of amides is 1. The minimum absolute atomic E-state index is 0. The Labute approximate surface area is 133 Å². The second-order valence-corrected chi connectivity index (χ2v) is 5.30. The Bertz CT molecular complexity index is 728. The first-order valence-corrected chi connectivity index (χ1v) is 6.59. The van der Waals surface area contributed by atoms with Crippen molar-refractivity contribution in [1.29, 1.82) is 0 Å². The monoisotopic (exact) mass is 289 g/mol. The Morgan fingerprint density at radius 1 is 1.11 bits per heavy atom. The Hall–Kier alpha value is -0.920. The van der Waals surface area contributed by atoms with Crippen molar-refractivity contribution < 1.29 is 17.8 Å². The van der Waals surface area contributed by atoms with Gasteiger partial charge in [-0.25, -0.2) is 0 Å². The zero-order valence-electron chi connectivity index (χ0n) is 9.54. The number of rotatable bonds is 2. The number of nitrogens with one attached hydrogen (secondary N) is 1. The quantitative estimate of drug-likeness (QED) is 0.646. The van der Waals surface area contributed by atoms with Crippen molar-refractivity contribution in [3.8, 4) is 0 Å². The Morgan fingerprint density at radius 3 is 2.32 bits per heavy atom. The summed E-state index contributed by atoms with van der Waals surface area (Å²) in [6.07, 6.45) is 0. The molecule has 96 valence electrons. The number of hydrogen-bond acceptors (Lipinski definition) is 3. The molecule has 2 aromatic rings. The van der Waals surface area contributed by atoms with Gasteiger partial charge in [0.15, 0.2) is 0 Å². The van der Waals surface area contributed by atoms with Crippen LogP contribution in [0, 0.1) is 0 Å². The van der Waals surface area contributed by atoms with Crippen LogP contribution in [0.1, 0.15) is 6.92 Å². The molecule has 7 heteroatoms. The molecule has 0 saturated carbocycles. The van der Waals surface area contributed by atoms with Crippen LogP contribution in [-0.2, 0) is 14.9 Å². The fraction of sp³-hybridized carbons (Fsp3) is 0.0833. The molecule has 0 heterocycles. The molecule has 5 nitrogen and oxygen atoms in total. The maximum atomic E-state index is 11.0. The van der Waals surface area contributed by atoms with Gasteiger partial charge in [0.25, 0.3) is 10.1 Å². The summed E-state index contributed by atoms with van der Waals surface area (Å²) < 4.78 is 31.0. The molecule has 0 unspecified atom stereocenters. The third kappa shape index (κ3) is 4.02. The first-order chi connectivity index (χ1) is 8.36. The second kappa shape index (κ2) is 6.02. The fourth-order valence-corrected chi connectivity index (χ4v) is 2.18. The molecule has 2 aromatic carbocycles. The molecule has 19 heavy (non-hydrogen) atoms. The Kier molecular flexibility index (Phi) is 5.11. The average molecular weight is 289 g/mol. The number of carbonyl (C=O) groups is 1. The van der Waals surface area contributed by atoms with Gasteiger partial charge in [-0.05, 0) is 35.0 Å². The van der Waals surface area contributed by atoms with E-state index < -0.39 is 10.1 Å². The van der Waals surface area contributed by atoms with Crippen LogP contribution in [0.5, 0.6) is 0 Å². The SMILES string of the molecule is CC(=O)Nc1ccc2ccc(S(=O)(=O)O)cc2c1.[NaH]. The van der Waals surface area contributed by atoms with E-state index >= 15 is 0 Å². The predicted molar refractivity (Wildman–Crippen MR) is 75.2 cm³/mol. The van der Waals surface area contributed by atoms with Crippen LogP contribution in [0.25, 0.3) is 10.8 Å². The van der Waals surface area contributed by atoms with Crippen molar-refractivity contribution in [1.82, 2.24) is 0 Å². The second-order valence-electron chi connectivity index (χ2n) is 3.88. The van der Waals surface area contributed by atoms with Crippen LogP contribution in [0.2, 0.25) is 0 Å². The molecule has 0 saturated heterocycles. The number of carbonyl (C=O) groups excluding carboxylic acids is 1. The molecule has 0 fully saturated rings. The molecule has 2 N–H and O–H groups in total. The van der Waals surface area contributed by atoms with E-state index in [0.717, 1.165) is 5.39 Å². The van der Waals surface area contributed by atoms with Gasteiger partial charge in [-0.2, -0.15) is 8.42 Å². The Morgan fingerprint density at radius 2 is 1.74 bits per heavy atom. The number of fused-ring (bicyclic) bond motifs is 1. The van der Waals surface area contributed by atoms with E-state index in [-0.39, 0.29) is 40.4 Å². The molecule has 0 radical (unpaired) electrons. The van der Waals surface area contributed by atoms with Crippen LogP contribution in [-0.4, -0.2) is 48.4 Å². The van der Waals surface area contributed by atoms with Gasteiger partial charge in [0.2, 0.25) is 5.91 Å². The standard InChI is InChI=1S/C12H11NO4S.Na.H/c1-8(14)13-11-4-2-9-3-5-12(18(15,16)17)7-10(9)6-11;;/h2-7H,1H3,(H,13,14)(H,15,16,17);;. The fourth-order valence-electron chi connectivity index (χ4n) is 1.67. The molecule has 0 aliphatic carbocycles. The zero-order valence-corrected chi connectivity index (χ0v) is 10.4. The average Bonchev–Trinajstić information content (AvgIpc) is 2.26. The summed E-state index contributed by atoms with van der Waals surface area (Å²) in [5.41, 5.74) is 0.572. The normalized spacial score (nSPS) is 10.8. The van der Waals surface area contributed by atoms with Gasteiger partial charge in [0, 0.05) is 12.6 Å². The van der Waals surface area contributed by atoms with Gasteiger partial charge in [0.05, 0.1) is 4.90 Å². The first-order valence-electron chi connectivity index (χ1n) is 5.15. The number of anilines is 1. The molecule has 0 aliphatic rings. The molecule has 1 amide bonds. The topological polar surface area (TPSA) is 83.5 Å². The molecule has 0 aromatic heterocycles. The molecule has 2 rings (SSSR count). The summed E-state index contributed by atoms with van der Waals surface area (Å²) in [4.78, 5) is 10.8. The van der Waals surface area contributed by atoms with Crippen molar-refractivity contribution >= 4 is 62.0 Å². The van der Waals surface area contributed by atoms with Crippen molar-refractivity contribution in [3.63, 3.8) is 0 Å². The number of benzene rings is 2. The third-order valence-corrected chi connectivity index (χ3v) is 3.28. The van der Waals surface area contributed by atoms with Crippen molar-refractivity contribution in [2.24, 2.45) is 0 Å². The Balaban J connectivity index is 0.00000180. The van der Waals surface area contributed by atoms with Crippen molar-refractivity contribution in [2.75, 3.05) is 5.32 Å². The summed E-state index contributed by atoms with van der Waals surface area (Å²) in [5, 5.41) is 4.04. The van der Waals surface area contributed by atoms with E-state index in [0.29, 0.717) is 11.1 Å². The number of hydrogen-bond donors (Lipinski definition) is 2. The van der Waals surface area contributed by atoms with E-state index in [2.05, 4.69) is 5.32 Å². The van der Waals surface area contributed by atoms with Gasteiger partial charge in [-0.3, -0.25) is 9.35 Å². The van der Waals surface area contributed by atoms with E-state index in [4.69, 9.17) is 4.55 Å². The van der Waals surface area contributed by atoms with Gasteiger partial charge < -0.3 is 5.32 Å². The van der Waals surface area contributed by atoms with Crippen LogP contribution < -0.4 is 5.32 Å². The predicted octanol–water partition coefficient (Wildman–Crippen LogP) is 1.40. The van der Waals surface area contributed by atoms with Crippen molar-refractivity contribution in [3.05, 3.63) is 36.4 Å². The molecule has 0 spiro atoms. The molecule has 0 atom stereocenters. The van der Waals surface area contributed by atoms with E-state index in [1.54, 1.807) is 24.3 Å². The summed E-state index contributed by atoms with van der Waals surface area (Å²) in [6.45, 7) is 1.39. The summed E-state index contributed by atoms with van der Waals surface area (Å²) in [5.74, 6) is -0.208. The minimum atomic E-state index is -4.22. The zero-order chi connectivity index (χ0) is 13.3. The van der Waals surface area contributed by atoms with Crippen LogP contribution in [0.3, 0.4) is 0 Å². The van der Waals surface area contributed by atoms with Crippen LogP contribution in [0.4, 0.5) is 5.69 Å². The summed E-state index contributed by atoms with van der Waals surface area (Å²) in [7, 11) is -4.22. The molecular weight excluding hydrogens is 277 g/mol. The van der Waals surface area contributed by atoms with Gasteiger partial charge in [-0.15, -0.1) is 0 Å². The molecule has 0 bridgehead atoms. The third-order valence-electron chi connectivity index (χ3n) is 2.43. The molecule has 0 aliphatic heterocycles. The van der Waals surface area contributed by atoms with Gasteiger partial charge in [0.1, 0.15) is 0 Å². The van der Waals surface area contributed by atoms with E-state index in [1.807, 2.05) is 0 Å². The van der Waals surface area contributed by atoms with E-state index in [1.165, 1.54) is 19.1 Å². The summed E-state index contributed by atoms with van der Waals surface area (Å²) >= 11 is 0.